The molecule has 0 amide bonds. The molecule has 1 aliphatic heterocycles. The summed E-state index contributed by atoms with van der Waals surface area (Å²) in [5, 5.41) is 17.0. The van der Waals surface area contributed by atoms with Gasteiger partial charge in [-0.05, 0) is 109 Å². The second kappa shape index (κ2) is 10.0. The van der Waals surface area contributed by atoms with Gasteiger partial charge in [-0.1, -0.05) is 126 Å². The number of thioether (sulfide) groups is 2. The van der Waals surface area contributed by atoms with Gasteiger partial charge < -0.3 is 0 Å². The summed E-state index contributed by atoms with van der Waals surface area (Å²) in [7, 11) is 0. The molecule has 8 aromatic carbocycles. The first-order valence-electron chi connectivity index (χ1n) is 16.7. The number of hydrogen-bond acceptors (Lipinski definition) is 2. The maximum Gasteiger partial charge on any atom is 0.0194 e. The van der Waals surface area contributed by atoms with E-state index in [1.54, 1.807) is 0 Å². The molecular formula is C44H40S2. The molecule has 0 N–H and O–H groups in total. The summed E-state index contributed by atoms with van der Waals surface area (Å²) in [6, 6.07) is 34.0. The summed E-state index contributed by atoms with van der Waals surface area (Å²) >= 11 is 4.15. The van der Waals surface area contributed by atoms with Crippen molar-refractivity contribution in [1.82, 2.24) is 0 Å². The maximum atomic E-state index is 2.53. The van der Waals surface area contributed by atoms with Gasteiger partial charge in [0.25, 0.3) is 0 Å². The van der Waals surface area contributed by atoms with E-state index < -0.39 is 0 Å². The molecule has 0 radical (unpaired) electrons. The lowest BCUT2D eigenvalue weighted by Crippen LogP contribution is -2.11. The summed E-state index contributed by atoms with van der Waals surface area (Å²) in [4.78, 5) is 0. The minimum atomic E-state index is 0.125. The van der Waals surface area contributed by atoms with Gasteiger partial charge in [-0.15, -0.1) is 0 Å². The second-order valence-electron chi connectivity index (χ2n) is 15.7. The van der Waals surface area contributed by atoms with Crippen molar-refractivity contribution in [3.05, 3.63) is 118 Å². The quantitative estimate of drug-likeness (QED) is 0.153. The Morgan fingerprint density at radius 3 is 0.913 bits per heavy atom. The smallest absolute Gasteiger partial charge is 0.0194 e. The minimum absolute atomic E-state index is 0.125. The Balaban J connectivity index is 1.20. The third kappa shape index (κ3) is 4.36. The van der Waals surface area contributed by atoms with Gasteiger partial charge >= 0.3 is 0 Å². The van der Waals surface area contributed by atoms with Gasteiger partial charge in [0.15, 0.2) is 0 Å². The van der Waals surface area contributed by atoms with Crippen molar-refractivity contribution in [3.8, 4) is 0 Å². The average molecular weight is 633 g/mol. The predicted octanol–water partition coefficient (Wildman–Crippen LogP) is 13.3. The SMILES string of the molecule is CC(C)(C)c1cc2ccc3c4cc(c5ccc(c1)c2c35)CSCc1cc(c2ccc3cc(C(C)(C)C)cc5ccc1c2c35)CSC4. The predicted molar refractivity (Wildman–Crippen MR) is 208 cm³/mol. The molecule has 8 aromatic rings. The van der Waals surface area contributed by atoms with E-state index in [1.165, 1.54) is 98.0 Å². The van der Waals surface area contributed by atoms with E-state index in [2.05, 4.69) is 150 Å². The Morgan fingerprint density at radius 2 is 0.652 bits per heavy atom. The lowest BCUT2D eigenvalue weighted by atomic mass is 9.82. The van der Waals surface area contributed by atoms with Crippen molar-refractivity contribution < 1.29 is 0 Å². The van der Waals surface area contributed by atoms with Gasteiger partial charge in [0.1, 0.15) is 0 Å². The zero-order valence-corrected chi connectivity index (χ0v) is 29.4. The molecule has 228 valence electrons. The van der Waals surface area contributed by atoms with E-state index in [-0.39, 0.29) is 10.8 Å². The van der Waals surface area contributed by atoms with Crippen molar-refractivity contribution >= 4 is 88.2 Å². The van der Waals surface area contributed by atoms with Crippen LogP contribution in [-0.2, 0) is 33.8 Å². The first kappa shape index (κ1) is 28.7. The fourth-order valence-corrected chi connectivity index (χ4v) is 10.1. The molecule has 0 aromatic heterocycles. The molecule has 46 heavy (non-hydrogen) atoms. The van der Waals surface area contributed by atoms with Crippen LogP contribution in [0, 0.1) is 0 Å². The van der Waals surface area contributed by atoms with Gasteiger partial charge in [0.05, 0.1) is 0 Å². The molecule has 0 saturated heterocycles. The standard InChI is InChI=1S/C44H40S2/c1-43(2,3)33-17-25-7-11-35-29-15-30(36-12-8-26(18-33)39(25)41(35)36)22-46-24-32-16-31(23-45-21-29)37-13-9-27-19-34(44(4,5)6)20-28-10-14-38(32)42(37)40(27)28/h7-20H,21-24H2,1-6H3. The zero-order chi connectivity index (χ0) is 31.5. The molecule has 4 bridgehead atoms. The van der Waals surface area contributed by atoms with Crippen LogP contribution in [0.5, 0.6) is 0 Å². The molecule has 0 unspecified atom stereocenters. The van der Waals surface area contributed by atoms with Gasteiger partial charge in [0, 0.05) is 23.0 Å². The van der Waals surface area contributed by atoms with Crippen LogP contribution in [0.25, 0.3) is 64.6 Å². The molecule has 1 heterocycles. The highest BCUT2D eigenvalue weighted by molar-refractivity contribution is 7.98. The van der Waals surface area contributed by atoms with Crippen LogP contribution in [0.3, 0.4) is 0 Å². The van der Waals surface area contributed by atoms with Crippen LogP contribution in [0.1, 0.15) is 74.9 Å². The van der Waals surface area contributed by atoms with Crippen molar-refractivity contribution in [2.45, 2.75) is 75.4 Å². The number of fused-ring (bicyclic) bond motifs is 8. The monoisotopic (exact) mass is 632 g/mol. The van der Waals surface area contributed by atoms with E-state index in [0.717, 1.165) is 23.0 Å². The van der Waals surface area contributed by atoms with Gasteiger partial charge in [0.2, 0.25) is 0 Å². The van der Waals surface area contributed by atoms with Crippen LogP contribution >= 0.6 is 23.5 Å². The molecule has 0 spiro atoms. The summed E-state index contributed by atoms with van der Waals surface area (Å²) in [5.74, 6) is 4.08. The first-order chi connectivity index (χ1) is 22.0. The topological polar surface area (TPSA) is 0 Å². The Hall–Kier alpha value is -3.46. The van der Waals surface area contributed by atoms with E-state index >= 15 is 0 Å². The highest BCUT2D eigenvalue weighted by atomic mass is 32.2. The van der Waals surface area contributed by atoms with Crippen molar-refractivity contribution in [1.29, 1.82) is 0 Å². The molecule has 0 fully saturated rings. The maximum absolute atomic E-state index is 2.53. The Morgan fingerprint density at radius 1 is 0.370 bits per heavy atom. The first-order valence-corrected chi connectivity index (χ1v) is 19.0. The van der Waals surface area contributed by atoms with E-state index in [1.807, 2.05) is 0 Å². The minimum Gasteiger partial charge on any atom is -0.152 e. The number of hydrogen-bond donors (Lipinski definition) is 0. The van der Waals surface area contributed by atoms with Crippen molar-refractivity contribution in [3.63, 3.8) is 0 Å². The molecule has 0 aliphatic carbocycles. The van der Waals surface area contributed by atoms with Crippen LogP contribution in [0.15, 0.2) is 84.9 Å². The third-order valence-electron chi connectivity index (χ3n) is 10.5. The van der Waals surface area contributed by atoms with E-state index in [0.29, 0.717) is 0 Å². The molecule has 1 aliphatic rings. The Bertz CT molecular complexity index is 2170. The fraction of sp³-hybridized carbons (Fsp3) is 0.273. The number of benzene rings is 8. The number of rotatable bonds is 0. The summed E-state index contributed by atoms with van der Waals surface area (Å²) in [6.45, 7) is 13.9. The lowest BCUT2D eigenvalue weighted by Gasteiger charge is -2.23. The molecule has 0 saturated carbocycles. The highest BCUT2D eigenvalue weighted by Crippen LogP contribution is 2.45. The van der Waals surface area contributed by atoms with Crippen LogP contribution in [0.2, 0.25) is 0 Å². The fourth-order valence-electron chi connectivity index (χ4n) is 8.02. The Kier molecular flexibility index (Phi) is 6.26. The van der Waals surface area contributed by atoms with Gasteiger partial charge in [-0.3, -0.25) is 0 Å². The molecule has 2 heteroatoms. The normalized spacial score (nSPS) is 15.1. The largest absolute Gasteiger partial charge is 0.152 e. The molecule has 0 atom stereocenters. The highest BCUT2D eigenvalue weighted by Gasteiger charge is 2.22. The average Bonchev–Trinajstić information content (AvgIpc) is 3.02. The Labute approximate surface area is 280 Å². The molecule has 9 rings (SSSR count). The zero-order valence-electron chi connectivity index (χ0n) is 27.7. The summed E-state index contributed by atoms with van der Waals surface area (Å²) in [6.07, 6.45) is 0. The lowest BCUT2D eigenvalue weighted by molar-refractivity contribution is 0.591. The van der Waals surface area contributed by atoms with Gasteiger partial charge in [-0.25, -0.2) is 0 Å². The van der Waals surface area contributed by atoms with Crippen molar-refractivity contribution in [2.24, 2.45) is 0 Å². The van der Waals surface area contributed by atoms with Crippen molar-refractivity contribution in [2.75, 3.05) is 0 Å². The second-order valence-corrected chi connectivity index (χ2v) is 17.6. The molecular weight excluding hydrogens is 593 g/mol. The van der Waals surface area contributed by atoms with E-state index in [4.69, 9.17) is 0 Å². The third-order valence-corrected chi connectivity index (χ3v) is 12.6. The van der Waals surface area contributed by atoms with Crippen LogP contribution in [0.4, 0.5) is 0 Å². The van der Waals surface area contributed by atoms with E-state index in [9.17, 15) is 0 Å². The summed E-state index contributed by atoms with van der Waals surface area (Å²) < 4.78 is 0. The van der Waals surface area contributed by atoms with Crippen LogP contribution < -0.4 is 0 Å². The summed E-state index contributed by atoms with van der Waals surface area (Å²) in [5.41, 5.74) is 9.00. The van der Waals surface area contributed by atoms with Gasteiger partial charge in [-0.2, -0.15) is 23.5 Å². The van der Waals surface area contributed by atoms with Crippen LogP contribution in [-0.4, -0.2) is 0 Å². The molecule has 0 nitrogen and oxygen atoms in total.